The number of aliphatic hydroxyl groups is 1. The molecule has 0 aromatic carbocycles. The van der Waals surface area contributed by atoms with Crippen LogP contribution in [-0.2, 0) is 4.79 Å². The van der Waals surface area contributed by atoms with Crippen LogP contribution in [0.4, 0.5) is 0 Å². The molecule has 0 radical (unpaired) electrons. The van der Waals surface area contributed by atoms with Gasteiger partial charge in [-0.05, 0) is 5.92 Å². The van der Waals surface area contributed by atoms with Crippen molar-refractivity contribution in [2.24, 2.45) is 5.92 Å². The van der Waals surface area contributed by atoms with Crippen molar-refractivity contribution in [1.82, 2.24) is 0 Å². The van der Waals surface area contributed by atoms with E-state index in [0.29, 0.717) is 0 Å². The third kappa shape index (κ3) is 3.98. The largest absolute Gasteiger partial charge is 0.481 e. The number of hydrogen-bond donors (Lipinski definition) is 2. The molecule has 1 atom stereocenters. The molecule has 66 valence electrons. The SMILES string of the molecule is CCC(CC)[C@H](O)CC(=O)O. The van der Waals surface area contributed by atoms with Gasteiger partial charge >= 0.3 is 5.97 Å². The lowest BCUT2D eigenvalue weighted by molar-refractivity contribution is -0.140. The normalized spacial score (nSPS) is 13.5. The third-order valence-corrected chi connectivity index (χ3v) is 1.98. The van der Waals surface area contributed by atoms with E-state index >= 15 is 0 Å². The monoisotopic (exact) mass is 160 g/mol. The molecule has 0 spiro atoms. The van der Waals surface area contributed by atoms with Gasteiger partial charge in [0.15, 0.2) is 0 Å². The third-order valence-electron chi connectivity index (χ3n) is 1.98. The Labute approximate surface area is 67.0 Å². The van der Waals surface area contributed by atoms with Crippen molar-refractivity contribution < 1.29 is 15.0 Å². The second kappa shape index (κ2) is 5.13. The minimum atomic E-state index is -0.926. The fourth-order valence-corrected chi connectivity index (χ4v) is 1.18. The number of aliphatic carboxylic acids is 1. The van der Waals surface area contributed by atoms with Crippen LogP contribution in [0.5, 0.6) is 0 Å². The second-order valence-corrected chi connectivity index (χ2v) is 2.74. The number of rotatable bonds is 5. The Morgan fingerprint density at radius 1 is 1.36 bits per heavy atom. The van der Waals surface area contributed by atoms with Crippen molar-refractivity contribution >= 4 is 5.97 Å². The molecule has 0 aliphatic carbocycles. The zero-order chi connectivity index (χ0) is 8.85. The first-order chi connectivity index (χ1) is 5.11. The first kappa shape index (κ1) is 10.4. The highest BCUT2D eigenvalue weighted by molar-refractivity contribution is 5.67. The fraction of sp³-hybridized carbons (Fsp3) is 0.875. The molecule has 0 fully saturated rings. The Kier molecular flexibility index (Phi) is 4.86. The molecule has 0 aliphatic heterocycles. The maximum atomic E-state index is 10.2. The number of carboxylic acids is 1. The Morgan fingerprint density at radius 2 is 1.82 bits per heavy atom. The summed E-state index contributed by atoms with van der Waals surface area (Å²) in [6.07, 6.45) is 0.866. The van der Waals surface area contributed by atoms with Crippen LogP contribution >= 0.6 is 0 Å². The molecule has 11 heavy (non-hydrogen) atoms. The highest BCUT2D eigenvalue weighted by Gasteiger charge is 2.17. The molecular formula is C8H16O3. The summed E-state index contributed by atoms with van der Waals surface area (Å²) in [6, 6.07) is 0. The summed E-state index contributed by atoms with van der Waals surface area (Å²) >= 11 is 0. The van der Waals surface area contributed by atoms with Gasteiger partial charge in [-0.25, -0.2) is 0 Å². The zero-order valence-corrected chi connectivity index (χ0v) is 7.08. The Balaban J connectivity index is 3.78. The Morgan fingerprint density at radius 3 is 2.09 bits per heavy atom. The molecule has 0 saturated heterocycles. The van der Waals surface area contributed by atoms with Crippen LogP contribution in [0, 0.1) is 5.92 Å². The lowest BCUT2D eigenvalue weighted by atomic mass is 9.94. The average molecular weight is 160 g/mol. The van der Waals surface area contributed by atoms with E-state index in [1.165, 1.54) is 0 Å². The maximum absolute atomic E-state index is 10.2. The van der Waals surface area contributed by atoms with Crippen LogP contribution in [0.1, 0.15) is 33.1 Å². The van der Waals surface area contributed by atoms with Crippen LogP contribution in [0.15, 0.2) is 0 Å². The number of carbonyl (C=O) groups is 1. The van der Waals surface area contributed by atoms with E-state index in [9.17, 15) is 9.90 Å². The van der Waals surface area contributed by atoms with E-state index in [-0.39, 0.29) is 12.3 Å². The summed E-state index contributed by atoms with van der Waals surface area (Å²) in [7, 11) is 0. The van der Waals surface area contributed by atoms with Gasteiger partial charge in [0.2, 0.25) is 0 Å². The van der Waals surface area contributed by atoms with Gasteiger partial charge in [-0.2, -0.15) is 0 Å². The summed E-state index contributed by atoms with van der Waals surface area (Å²) < 4.78 is 0. The minimum Gasteiger partial charge on any atom is -0.481 e. The van der Waals surface area contributed by atoms with E-state index in [1.807, 2.05) is 13.8 Å². The van der Waals surface area contributed by atoms with Crippen molar-refractivity contribution in [1.29, 1.82) is 0 Å². The van der Waals surface area contributed by atoms with Gasteiger partial charge in [-0.1, -0.05) is 26.7 Å². The van der Waals surface area contributed by atoms with E-state index in [1.54, 1.807) is 0 Å². The predicted octanol–water partition coefficient (Wildman–Crippen LogP) is 1.26. The van der Waals surface area contributed by atoms with Crippen LogP contribution in [0.25, 0.3) is 0 Å². The number of aliphatic hydroxyl groups excluding tert-OH is 1. The predicted molar refractivity (Wildman–Crippen MR) is 42.3 cm³/mol. The van der Waals surface area contributed by atoms with Gasteiger partial charge in [0.05, 0.1) is 12.5 Å². The number of hydrogen-bond acceptors (Lipinski definition) is 2. The van der Waals surface area contributed by atoms with Crippen LogP contribution in [0.3, 0.4) is 0 Å². The van der Waals surface area contributed by atoms with Crippen molar-refractivity contribution in [3.05, 3.63) is 0 Å². The topological polar surface area (TPSA) is 57.5 Å². The van der Waals surface area contributed by atoms with Crippen LogP contribution in [-0.4, -0.2) is 22.3 Å². The van der Waals surface area contributed by atoms with Gasteiger partial charge in [0.1, 0.15) is 0 Å². The molecule has 0 aromatic rings. The van der Waals surface area contributed by atoms with E-state index in [0.717, 1.165) is 12.8 Å². The van der Waals surface area contributed by atoms with E-state index in [4.69, 9.17) is 5.11 Å². The quantitative estimate of drug-likeness (QED) is 0.636. The standard InChI is InChI=1S/C8H16O3/c1-3-6(4-2)7(9)5-8(10)11/h6-7,9H,3-5H2,1-2H3,(H,10,11)/t7-/m1/s1. The molecule has 0 bridgehead atoms. The van der Waals surface area contributed by atoms with Crippen molar-refractivity contribution in [2.75, 3.05) is 0 Å². The van der Waals surface area contributed by atoms with E-state index < -0.39 is 12.1 Å². The van der Waals surface area contributed by atoms with Gasteiger partial charge in [0.25, 0.3) is 0 Å². The van der Waals surface area contributed by atoms with Crippen molar-refractivity contribution in [2.45, 2.75) is 39.2 Å². The molecule has 0 aromatic heterocycles. The van der Waals surface area contributed by atoms with Crippen LogP contribution in [0.2, 0.25) is 0 Å². The first-order valence-corrected chi connectivity index (χ1v) is 4.01. The lowest BCUT2D eigenvalue weighted by Crippen LogP contribution is -2.22. The summed E-state index contributed by atoms with van der Waals surface area (Å²) in [5, 5.41) is 17.7. The van der Waals surface area contributed by atoms with Crippen LogP contribution < -0.4 is 0 Å². The van der Waals surface area contributed by atoms with Crippen molar-refractivity contribution in [3.63, 3.8) is 0 Å². The van der Waals surface area contributed by atoms with Gasteiger partial charge in [-0.3, -0.25) is 4.79 Å². The molecule has 3 heteroatoms. The lowest BCUT2D eigenvalue weighted by Gasteiger charge is -2.17. The summed E-state index contributed by atoms with van der Waals surface area (Å²) in [4.78, 5) is 10.2. The maximum Gasteiger partial charge on any atom is 0.305 e. The highest BCUT2D eigenvalue weighted by atomic mass is 16.4. The Bertz CT molecular complexity index is 119. The fourth-order valence-electron chi connectivity index (χ4n) is 1.18. The van der Waals surface area contributed by atoms with E-state index in [2.05, 4.69) is 0 Å². The first-order valence-electron chi connectivity index (χ1n) is 4.01. The number of carboxylic acid groups (broad SMARTS) is 1. The molecule has 0 rings (SSSR count). The molecule has 0 saturated carbocycles. The van der Waals surface area contributed by atoms with Crippen molar-refractivity contribution in [3.8, 4) is 0 Å². The smallest absolute Gasteiger partial charge is 0.305 e. The minimum absolute atomic E-state index is 0.131. The average Bonchev–Trinajstić information content (AvgIpc) is 1.88. The summed E-state index contributed by atoms with van der Waals surface area (Å²) in [5.74, 6) is -0.796. The van der Waals surface area contributed by atoms with Gasteiger partial charge in [0, 0.05) is 0 Å². The molecule has 3 nitrogen and oxygen atoms in total. The van der Waals surface area contributed by atoms with Gasteiger partial charge < -0.3 is 10.2 Å². The molecule has 0 unspecified atom stereocenters. The summed E-state index contributed by atoms with van der Waals surface area (Å²) in [6.45, 7) is 3.92. The molecule has 0 heterocycles. The molecular weight excluding hydrogens is 144 g/mol. The molecule has 2 N–H and O–H groups in total. The molecule has 0 amide bonds. The second-order valence-electron chi connectivity index (χ2n) is 2.74. The zero-order valence-electron chi connectivity index (χ0n) is 7.08. The molecule has 0 aliphatic rings. The Hall–Kier alpha value is -0.570. The highest BCUT2D eigenvalue weighted by Crippen LogP contribution is 2.15. The summed E-state index contributed by atoms with van der Waals surface area (Å²) in [5.41, 5.74) is 0. The van der Waals surface area contributed by atoms with Gasteiger partial charge in [-0.15, -0.1) is 0 Å².